The molecule has 0 radical (unpaired) electrons. The standard InChI is InChI=1S/C19H19FN2/c1-17-9-13-12-8-15(11-6-4-5-7-14(11)20)21-22-16(12)18(2,10-17)19(13,17)3/h4-8,13H,9-10H2,1-3H3. The van der Waals surface area contributed by atoms with Gasteiger partial charge in [0.05, 0.1) is 11.4 Å². The van der Waals surface area contributed by atoms with Gasteiger partial charge in [0, 0.05) is 11.0 Å². The van der Waals surface area contributed by atoms with E-state index in [0.717, 1.165) is 5.69 Å². The molecule has 112 valence electrons. The van der Waals surface area contributed by atoms with Gasteiger partial charge in [-0.25, -0.2) is 4.39 Å². The predicted molar refractivity (Wildman–Crippen MR) is 83.0 cm³/mol. The minimum Gasteiger partial charge on any atom is -0.206 e. The molecular formula is C19H19FN2. The highest BCUT2D eigenvalue weighted by molar-refractivity contribution is 5.63. The van der Waals surface area contributed by atoms with Crippen molar-refractivity contribution < 1.29 is 4.39 Å². The van der Waals surface area contributed by atoms with Crippen molar-refractivity contribution >= 4 is 0 Å². The Balaban J connectivity index is 1.69. The van der Waals surface area contributed by atoms with Gasteiger partial charge in [0.15, 0.2) is 0 Å². The van der Waals surface area contributed by atoms with Crippen LogP contribution < -0.4 is 0 Å². The molecule has 4 unspecified atom stereocenters. The average molecular weight is 294 g/mol. The monoisotopic (exact) mass is 294 g/mol. The first kappa shape index (κ1) is 12.7. The van der Waals surface area contributed by atoms with Gasteiger partial charge in [0.25, 0.3) is 0 Å². The van der Waals surface area contributed by atoms with Crippen molar-refractivity contribution in [1.29, 1.82) is 0 Å². The van der Waals surface area contributed by atoms with Gasteiger partial charge >= 0.3 is 0 Å². The summed E-state index contributed by atoms with van der Waals surface area (Å²) in [6.07, 6.45) is 2.43. The van der Waals surface area contributed by atoms with Crippen LogP contribution in [0.2, 0.25) is 0 Å². The number of hydrogen-bond donors (Lipinski definition) is 0. The molecule has 1 aromatic heterocycles. The molecule has 4 atom stereocenters. The largest absolute Gasteiger partial charge is 0.206 e. The second kappa shape index (κ2) is 3.42. The summed E-state index contributed by atoms with van der Waals surface area (Å²) in [6.45, 7) is 7.15. The van der Waals surface area contributed by atoms with Crippen LogP contribution in [0.5, 0.6) is 0 Å². The molecule has 5 rings (SSSR count). The molecule has 0 saturated heterocycles. The van der Waals surface area contributed by atoms with E-state index >= 15 is 0 Å². The van der Waals surface area contributed by atoms with Crippen molar-refractivity contribution in [1.82, 2.24) is 10.2 Å². The van der Waals surface area contributed by atoms with E-state index in [1.807, 2.05) is 6.07 Å². The molecule has 1 aromatic carbocycles. The van der Waals surface area contributed by atoms with Gasteiger partial charge in [0.1, 0.15) is 5.82 Å². The Kier molecular flexibility index (Phi) is 1.98. The van der Waals surface area contributed by atoms with E-state index in [9.17, 15) is 4.39 Å². The number of fused-ring (bicyclic) bond motifs is 3. The van der Waals surface area contributed by atoms with Gasteiger partial charge < -0.3 is 0 Å². The number of nitrogens with zero attached hydrogens (tertiary/aromatic N) is 2. The molecule has 2 aromatic rings. The van der Waals surface area contributed by atoms with Crippen LogP contribution in [-0.2, 0) is 5.41 Å². The van der Waals surface area contributed by atoms with Gasteiger partial charge in [0.2, 0.25) is 0 Å². The van der Waals surface area contributed by atoms with Crippen LogP contribution in [0.1, 0.15) is 50.8 Å². The van der Waals surface area contributed by atoms with Crippen LogP contribution in [0.3, 0.4) is 0 Å². The zero-order chi connectivity index (χ0) is 15.3. The molecule has 3 aliphatic carbocycles. The van der Waals surface area contributed by atoms with Gasteiger partial charge in [-0.3, -0.25) is 0 Å². The minimum absolute atomic E-state index is 0.154. The highest BCUT2D eigenvalue weighted by atomic mass is 19.1. The normalized spacial score (nSPS) is 40.5. The van der Waals surface area contributed by atoms with Gasteiger partial charge in [-0.2, -0.15) is 10.2 Å². The quantitative estimate of drug-likeness (QED) is 0.776. The van der Waals surface area contributed by atoms with Crippen LogP contribution in [0.25, 0.3) is 11.3 Å². The lowest BCUT2D eigenvalue weighted by atomic mass is 9.28. The summed E-state index contributed by atoms with van der Waals surface area (Å²) in [5.74, 6) is 0.334. The average Bonchev–Trinajstić information content (AvgIpc) is 2.59. The summed E-state index contributed by atoms with van der Waals surface area (Å²) in [7, 11) is 0. The van der Waals surface area contributed by atoms with Crippen LogP contribution >= 0.6 is 0 Å². The van der Waals surface area contributed by atoms with E-state index in [1.165, 1.54) is 24.5 Å². The number of rotatable bonds is 1. The van der Waals surface area contributed by atoms with Gasteiger partial charge in [-0.15, -0.1) is 0 Å². The maximum Gasteiger partial charge on any atom is 0.132 e. The van der Waals surface area contributed by atoms with Gasteiger partial charge in [-0.05, 0) is 53.4 Å². The maximum atomic E-state index is 14.0. The molecule has 2 nitrogen and oxygen atoms in total. The first-order valence-corrected chi connectivity index (χ1v) is 8.04. The molecule has 0 aliphatic heterocycles. The van der Waals surface area contributed by atoms with Crippen LogP contribution in [0.15, 0.2) is 30.3 Å². The molecule has 0 N–H and O–H groups in total. The van der Waals surface area contributed by atoms with E-state index in [4.69, 9.17) is 0 Å². The second-order valence-corrected chi connectivity index (χ2v) is 8.04. The lowest BCUT2D eigenvalue weighted by molar-refractivity contribution is -0.228. The first-order valence-electron chi connectivity index (χ1n) is 8.04. The Morgan fingerprint density at radius 1 is 1.14 bits per heavy atom. The fourth-order valence-corrected chi connectivity index (χ4v) is 5.97. The molecule has 22 heavy (non-hydrogen) atoms. The fourth-order valence-electron chi connectivity index (χ4n) is 5.97. The molecule has 3 heteroatoms. The maximum absolute atomic E-state index is 14.0. The molecule has 0 bridgehead atoms. The van der Waals surface area contributed by atoms with Crippen molar-refractivity contribution in [2.24, 2.45) is 10.8 Å². The van der Waals surface area contributed by atoms with Crippen molar-refractivity contribution in [2.75, 3.05) is 0 Å². The predicted octanol–water partition coefficient (Wildman–Crippen LogP) is 4.46. The molecule has 2 saturated carbocycles. The third-order valence-electron chi connectivity index (χ3n) is 7.37. The fraction of sp³-hybridized carbons (Fsp3) is 0.474. The minimum atomic E-state index is -0.228. The summed E-state index contributed by atoms with van der Waals surface area (Å²) in [6, 6.07) is 8.92. The number of hydrogen-bond acceptors (Lipinski definition) is 2. The van der Waals surface area contributed by atoms with Crippen molar-refractivity contribution in [3.8, 4) is 11.3 Å². The smallest absolute Gasteiger partial charge is 0.132 e. The molecular weight excluding hydrogens is 275 g/mol. The highest BCUT2D eigenvalue weighted by Crippen LogP contribution is 2.87. The molecule has 3 aliphatic rings. The summed E-state index contributed by atoms with van der Waals surface area (Å²) in [4.78, 5) is 0. The summed E-state index contributed by atoms with van der Waals surface area (Å²) in [5, 5.41) is 8.93. The van der Waals surface area contributed by atoms with Crippen LogP contribution in [-0.4, -0.2) is 10.2 Å². The summed E-state index contributed by atoms with van der Waals surface area (Å²) < 4.78 is 14.0. The van der Waals surface area contributed by atoms with E-state index in [1.54, 1.807) is 12.1 Å². The molecule has 2 fully saturated rings. The Morgan fingerprint density at radius 3 is 2.64 bits per heavy atom. The lowest BCUT2D eigenvalue weighted by Crippen LogP contribution is -2.70. The summed E-state index contributed by atoms with van der Waals surface area (Å²) >= 11 is 0. The second-order valence-electron chi connectivity index (χ2n) is 8.04. The number of benzene rings is 1. The third kappa shape index (κ3) is 1.07. The molecule has 0 spiro atoms. The molecule has 0 amide bonds. The Morgan fingerprint density at radius 2 is 1.91 bits per heavy atom. The zero-order valence-electron chi connectivity index (χ0n) is 13.2. The van der Waals surface area contributed by atoms with Crippen molar-refractivity contribution in [3.63, 3.8) is 0 Å². The molecule has 1 heterocycles. The lowest BCUT2D eigenvalue weighted by Gasteiger charge is -2.75. The summed E-state index contributed by atoms with van der Waals surface area (Å²) in [5.41, 5.74) is 4.60. The zero-order valence-corrected chi connectivity index (χ0v) is 13.2. The van der Waals surface area contributed by atoms with Gasteiger partial charge in [-0.1, -0.05) is 32.9 Å². The Bertz CT molecular complexity index is 832. The third-order valence-corrected chi connectivity index (χ3v) is 7.37. The number of halogens is 1. The Labute approximate surface area is 129 Å². The number of aromatic nitrogens is 2. The van der Waals surface area contributed by atoms with E-state index < -0.39 is 0 Å². The van der Waals surface area contributed by atoms with E-state index in [0.29, 0.717) is 28.0 Å². The first-order chi connectivity index (χ1) is 10.4. The van der Waals surface area contributed by atoms with E-state index in [-0.39, 0.29) is 11.2 Å². The van der Waals surface area contributed by atoms with Crippen LogP contribution in [0, 0.1) is 16.6 Å². The van der Waals surface area contributed by atoms with Crippen molar-refractivity contribution in [2.45, 2.75) is 44.9 Å². The van der Waals surface area contributed by atoms with Crippen molar-refractivity contribution in [3.05, 3.63) is 47.4 Å². The topological polar surface area (TPSA) is 25.8 Å². The Hall–Kier alpha value is -1.77. The van der Waals surface area contributed by atoms with Crippen LogP contribution in [0.4, 0.5) is 4.39 Å². The highest BCUT2D eigenvalue weighted by Gasteiger charge is 2.81. The van der Waals surface area contributed by atoms with E-state index in [2.05, 4.69) is 37.0 Å². The SMILES string of the molecule is CC12CC3c4cc(-c5ccccc5F)nnc4C(C)(C1)C32C.